The van der Waals surface area contributed by atoms with E-state index in [0.29, 0.717) is 10.5 Å². The van der Waals surface area contributed by atoms with Crippen LogP contribution < -0.4 is 5.32 Å². The number of aliphatic hydroxyl groups is 1. The van der Waals surface area contributed by atoms with Gasteiger partial charge in [-0.25, -0.2) is 0 Å². The highest BCUT2D eigenvalue weighted by atomic mass is 19.4. The molecule has 0 spiro atoms. The number of nitrogens with zero attached hydrogens (tertiary/aromatic N) is 1. The van der Waals surface area contributed by atoms with Crippen molar-refractivity contribution < 1.29 is 27.9 Å². The van der Waals surface area contributed by atoms with Crippen molar-refractivity contribution in [3.63, 3.8) is 0 Å². The number of likely N-dealkylation sites (tertiary alicyclic amines) is 1. The Morgan fingerprint density at radius 3 is 2.54 bits per heavy atom. The Morgan fingerprint density at radius 1 is 1.33 bits per heavy atom. The zero-order chi connectivity index (χ0) is 18.0. The molecule has 0 radical (unpaired) electrons. The van der Waals surface area contributed by atoms with Gasteiger partial charge >= 0.3 is 6.18 Å². The summed E-state index contributed by atoms with van der Waals surface area (Å²) in [7, 11) is 0. The summed E-state index contributed by atoms with van der Waals surface area (Å²) in [5, 5.41) is 12.9. The van der Waals surface area contributed by atoms with Gasteiger partial charge in [0.05, 0.1) is 18.1 Å². The van der Waals surface area contributed by atoms with Crippen molar-refractivity contribution >= 4 is 11.8 Å². The van der Waals surface area contributed by atoms with Crippen molar-refractivity contribution in [2.75, 3.05) is 13.1 Å². The quantitative estimate of drug-likeness (QED) is 0.852. The highest BCUT2D eigenvalue weighted by Crippen LogP contribution is 2.25. The molecule has 1 aliphatic heterocycles. The van der Waals surface area contributed by atoms with Crippen LogP contribution in [0.3, 0.4) is 0 Å². The van der Waals surface area contributed by atoms with Crippen LogP contribution in [0.15, 0.2) is 30.3 Å². The number of hydrogen-bond acceptors (Lipinski definition) is 3. The number of hydrogen-bond donors (Lipinski definition) is 2. The predicted octanol–water partition coefficient (Wildman–Crippen LogP) is 1.56. The molecule has 0 saturated carbocycles. The molecular weight excluding hydrogens is 325 g/mol. The van der Waals surface area contributed by atoms with Crippen molar-refractivity contribution in [1.29, 1.82) is 0 Å². The molecule has 1 aromatic rings. The molecular formula is C16H19F3N2O3. The fourth-order valence-corrected chi connectivity index (χ4v) is 2.73. The second kappa shape index (κ2) is 6.80. The minimum atomic E-state index is -4.47. The fraction of sp³-hybridized carbons (Fsp3) is 0.500. The molecule has 0 aliphatic carbocycles. The average molecular weight is 344 g/mol. The van der Waals surface area contributed by atoms with Gasteiger partial charge in [-0.3, -0.25) is 9.59 Å². The molecule has 2 atom stereocenters. The van der Waals surface area contributed by atoms with E-state index in [1.54, 1.807) is 30.3 Å². The van der Waals surface area contributed by atoms with Gasteiger partial charge in [-0.05, 0) is 12.5 Å². The van der Waals surface area contributed by atoms with Crippen molar-refractivity contribution in [3.05, 3.63) is 35.9 Å². The summed E-state index contributed by atoms with van der Waals surface area (Å²) >= 11 is 0. The first-order valence-corrected chi connectivity index (χ1v) is 7.48. The SMILES string of the molecule is C[C@](O)(CC(=O)N[C@H]1CC(=O)N(CC(F)(F)F)C1)c1ccccc1. The molecule has 0 bridgehead atoms. The monoisotopic (exact) mass is 344 g/mol. The first kappa shape index (κ1) is 18.3. The maximum Gasteiger partial charge on any atom is 0.406 e. The third-order valence-corrected chi connectivity index (χ3v) is 3.85. The second-order valence-electron chi connectivity index (χ2n) is 6.17. The molecule has 0 unspecified atom stereocenters. The standard InChI is InChI=1S/C16H19F3N2O3/c1-15(24,11-5-3-2-4-6-11)8-13(22)20-12-7-14(23)21(9-12)10-16(17,18)19/h2-6,12,24H,7-10H2,1H3,(H,20,22)/t12-,15-/m0/s1. The number of nitrogens with one attached hydrogen (secondary N) is 1. The highest BCUT2D eigenvalue weighted by molar-refractivity contribution is 5.82. The molecule has 1 aromatic carbocycles. The Hall–Kier alpha value is -2.09. The summed E-state index contributed by atoms with van der Waals surface area (Å²) in [5.41, 5.74) is -0.846. The summed E-state index contributed by atoms with van der Waals surface area (Å²) < 4.78 is 37.1. The molecule has 132 valence electrons. The van der Waals surface area contributed by atoms with Gasteiger partial charge in [0.15, 0.2) is 0 Å². The summed E-state index contributed by atoms with van der Waals surface area (Å²) in [6, 6.07) is 7.91. The van der Waals surface area contributed by atoms with Crippen LogP contribution in [-0.2, 0) is 15.2 Å². The van der Waals surface area contributed by atoms with Gasteiger partial charge in [0.2, 0.25) is 11.8 Å². The third-order valence-electron chi connectivity index (χ3n) is 3.85. The second-order valence-corrected chi connectivity index (χ2v) is 6.17. The predicted molar refractivity (Wildman–Crippen MR) is 79.8 cm³/mol. The number of amides is 2. The van der Waals surface area contributed by atoms with Crippen molar-refractivity contribution in [2.45, 2.75) is 37.6 Å². The first-order chi connectivity index (χ1) is 11.1. The topological polar surface area (TPSA) is 69.6 Å². The molecule has 2 rings (SSSR count). The van der Waals surface area contributed by atoms with E-state index >= 15 is 0 Å². The molecule has 8 heteroatoms. The van der Waals surface area contributed by atoms with E-state index in [2.05, 4.69) is 5.32 Å². The Balaban J connectivity index is 1.90. The number of halogens is 3. The maximum atomic E-state index is 12.4. The largest absolute Gasteiger partial charge is 0.406 e. The summed E-state index contributed by atoms with van der Waals surface area (Å²) in [5.74, 6) is -1.16. The van der Waals surface area contributed by atoms with E-state index in [1.165, 1.54) is 6.92 Å². The van der Waals surface area contributed by atoms with E-state index in [9.17, 15) is 27.9 Å². The van der Waals surface area contributed by atoms with Crippen LogP contribution >= 0.6 is 0 Å². The normalized spacial score (nSPS) is 20.8. The Labute approximate surface area is 137 Å². The number of benzene rings is 1. The lowest BCUT2D eigenvalue weighted by atomic mass is 9.92. The lowest BCUT2D eigenvalue weighted by Gasteiger charge is -2.24. The summed E-state index contributed by atoms with van der Waals surface area (Å²) in [6.07, 6.45) is -4.89. The van der Waals surface area contributed by atoms with E-state index in [1.807, 2.05) is 0 Å². The molecule has 1 aliphatic rings. The van der Waals surface area contributed by atoms with E-state index < -0.39 is 36.2 Å². The summed E-state index contributed by atoms with van der Waals surface area (Å²) in [4.78, 5) is 24.3. The van der Waals surface area contributed by atoms with Gasteiger partial charge in [-0.1, -0.05) is 30.3 Å². The van der Waals surface area contributed by atoms with Crippen molar-refractivity contribution in [1.82, 2.24) is 10.2 Å². The average Bonchev–Trinajstić information content (AvgIpc) is 2.76. The van der Waals surface area contributed by atoms with E-state index in [-0.39, 0.29) is 19.4 Å². The van der Waals surface area contributed by atoms with Crippen LogP contribution in [0.25, 0.3) is 0 Å². The van der Waals surface area contributed by atoms with E-state index in [4.69, 9.17) is 0 Å². The Morgan fingerprint density at radius 2 is 1.96 bits per heavy atom. The molecule has 1 saturated heterocycles. The Bertz CT molecular complexity index is 602. The van der Waals surface area contributed by atoms with Crippen molar-refractivity contribution in [2.24, 2.45) is 0 Å². The molecule has 1 heterocycles. The number of rotatable bonds is 5. The van der Waals surface area contributed by atoms with Crippen LogP contribution in [0.4, 0.5) is 13.2 Å². The van der Waals surface area contributed by atoms with Crippen LogP contribution in [-0.4, -0.2) is 47.1 Å². The third kappa shape index (κ3) is 4.95. The van der Waals surface area contributed by atoms with Crippen LogP contribution in [0.1, 0.15) is 25.3 Å². The lowest BCUT2D eigenvalue weighted by molar-refractivity contribution is -0.157. The van der Waals surface area contributed by atoms with Gasteiger partial charge in [0.25, 0.3) is 0 Å². The minimum absolute atomic E-state index is 0.171. The molecule has 5 nitrogen and oxygen atoms in total. The zero-order valence-electron chi connectivity index (χ0n) is 13.1. The zero-order valence-corrected chi connectivity index (χ0v) is 13.1. The van der Waals surface area contributed by atoms with Gasteiger partial charge in [-0.15, -0.1) is 0 Å². The lowest BCUT2D eigenvalue weighted by Crippen LogP contribution is -2.41. The van der Waals surface area contributed by atoms with Gasteiger partial charge in [0.1, 0.15) is 6.54 Å². The summed E-state index contributed by atoms with van der Waals surface area (Å²) in [6.45, 7) is -0.0187. The Kier molecular flexibility index (Phi) is 5.17. The fourth-order valence-electron chi connectivity index (χ4n) is 2.73. The first-order valence-electron chi connectivity index (χ1n) is 7.48. The molecule has 0 aromatic heterocycles. The molecule has 2 N–H and O–H groups in total. The number of carbonyl (C=O) groups excluding carboxylic acids is 2. The van der Waals surface area contributed by atoms with Gasteiger partial charge in [-0.2, -0.15) is 13.2 Å². The van der Waals surface area contributed by atoms with Gasteiger partial charge < -0.3 is 15.3 Å². The minimum Gasteiger partial charge on any atom is -0.385 e. The molecule has 1 fully saturated rings. The van der Waals surface area contributed by atoms with Crippen molar-refractivity contribution in [3.8, 4) is 0 Å². The van der Waals surface area contributed by atoms with E-state index in [0.717, 1.165) is 0 Å². The molecule has 2 amide bonds. The number of alkyl halides is 3. The molecule has 24 heavy (non-hydrogen) atoms. The van der Waals surface area contributed by atoms with Crippen LogP contribution in [0, 0.1) is 0 Å². The maximum absolute atomic E-state index is 12.4. The van der Waals surface area contributed by atoms with Crippen LogP contribution in [0.5, 0.6) is 0 Å². The highest BCUT2D eigenvalue weighted by Gasteiger charge is 2.39. The number of carbonyl (C=O) groups is 2. The smallest absolute Gasteiger partial charge is 0.385 e. The van der Waals surface area contributed by atoms with Gasteiger partial charge in [0, 0.05) is 13.0 Å². The van der Waals surface area contributed by atoms with Crippen LogP contribution in [0.2, 0.25) is 0 Å².